The number of thioether (sulfide) groups is 1. The van der Waals surface area contributed by atoms with Crippen LogP contribution in [0, 0.1) is 11.7 Å². The predicted octanol–water partition coefficient (Wildman–Crippen LogP) is 4.17. The Morgan fingerprint density at radius 1 is 1.38 bits per heavy atom. The second-order valence-corrected chi connectivity index (χ2v) is 7.73. The lowest BCUT2D eigenvalue weighted by molar-refractivity contribution is -0.105. The number of benzene rings is 1. The highest BCUT2D eigenvalue weighted by atomic mass is 35.5. The Hall–Kier alpha value is -0.290. The molecule has 116 valence electrons. The summed E-state index contributed by atoms with van der Waals surface area (Å²) < 4.78 is 19.4. The molecule has 0 amide bonds. The van der Waals surface area contributed by atoms with Gasteiger partial charge in [-0.15, -0.1) is 0 Å². The van der Waals surface area contributed by atoms with Crippen LogP contribution in [0.25, 0.3) is 0 Å². The van der Waals surface area contributed by atoms with E-state index in [-0.39, 0.29) is 22.5 Å². The van der Waals surface area contributed by atoms with Crippen LogP contribution in [0.5, 0.6) is 0 Å². The van der Waals surface area contributed by atoms with Gasteiger partial charge in [0.2, 0.25) is 0 Å². The minimum absolute atomic E-state index is 0.0234. The Morgan fingerprint density at radius 3 is 2.86 bits per heavy atom. The monoisotopic (exact) mass is 329 g/mol. The third kappa shape index (κ3) is 3.39. The molecule has 2 atom stereocenters. The number of hydrogen-bond donors (Lipinski definition) is 1. The van der Waals surface area contributed by atoms with E-state index in [1.165, 1.54) is 17.6 Å². The molecule has 2 heterocycles. The molecule has 0 saturated carbocycles. The normalized spacial score (nSPS) is 26.7. The highest BCUT2D eigenvalue weighted by Gasteiger charge is 2.40. The maximum Gasteiger partial charge on any atom is 0.141 e. The Bertz CT molecular complexity index is 502. The first kappa shape index (κ1) is 15.6. The number of halogens is 2. The van der Waals surface area contributed by atoms with Crippen LogP contribution >= 0.6 is 23.4 Å². The maximum absolute atomic E-state index is 13.3. The number of nitrogens with two attached hydrogens (primary N) is 1. The highest BCUT2D eigenvalue weighted by Crippen LogP contribution is 2.43. The molecule has 0 bridgehead atoms. The van der Waals surface area contributed by atoms with E-state index in [1.807, 2.05) is 11.8 Å². The number of rotatable bonds is 2. The van der Waals surface area contributed by atoms with Gasteiger partial charge in [0.25, 0.3) is 0 Å². The standard InChI is InChI=1S/C16H21ClFNOS/c17-13-9-11(1-2-14(13)18)15(19)12-3-6-20-16(10-12)4-7-21-8-5-16/h1-2,9,12,15H,3-8,10,19H2. The van der Waals surface area contributed by atoms with Gasteiger partial charge in [-0.3, -0.25) is 0 Å². The Labute approximate surface area is 134 Å². The zero-order valence-electron chi connectivity index (χ0n) is 12.0. The van der Waals surface area contributed by atoms with Crippen LogP contribution in [0.4, 0.5) is 4.39 Å². The van der Waals surface area contributed by atoms with Crippen LogP contribution in [0.15, 0.2) is 18.2 Å². The van der Waals surface area contributed by atoms with Crippen LogP contribution in [0.1, 0.15) is 37.3 Å². The molecule has 2 nitrogen and oxygen atoms in total. The van der Waals surface area contributed by atoms with Crippen LogP contribution in [-0.2, 0) is 4.74 Å². The van der Waals surface area contributed by atoms with Crippen molar-refractivity contribution in [1.29, 1.82) is 0 Å². The van der Waals surface area contributed by atoms with Crippen LogP contribution in [-0.4, -0.2) is 23.7 Å². The van der Waals surface area contributed by atoms with Gasteiger partial charge >= 0.3 is 0 Å². The molecule has 21 heavy (non-hydrogen) atoms. The summed E-state index contributed by atoms with van der Waals surface area (Å²) in [6, 6.07) is 4.73. The zero-order valence-corrected chi connectivity index (χ0v) is 13.6. The molecular weight excluding hydrogens is 309 g/mol. The van der Waals surface area contributed by atoms with Gasteiger partial charge in [0.1, 0.15) is 5.82 Å². The third-order valence-corrected chi connectivity index (χ3v) is 6.05. The first-order valence-corrected chi connectivity index (χ1v) is 9.05. The van der Waals surface area contributed by atoms with E-state index in [2.05, 4.69) is 0 Å². The Kier molecular flexibility index (Phi) is 4.79. The van der Waals surface area contributed by atoms with Gasteiger partial charge in [-0.05, 0) is 60.8 Å². The van der Waals surface area contributed by atoms with E-state index in [0.717, 1.165) is 37.9 Å². The SMILES string of the molecule is NC(c1ccc(F)c(Cl)c1)C1CCOC2(CCSCC2)C1. The molecule has 2 saturated heterocycles. The number of ether oxygens (including phenoxy) is 1. The number of hydrogen-bond acceptors (Lipinski definition) is 3. The van der Waals surface area contributed by atoms with E-state index in [4.69, 9.17) is 22.1 Å². The summed E-state index contributed by atoms with van der Waals surface area (Å²) in [6.07, 6.45) is 4.20. The van der Waals surface area contributed by atoms with Gasteiger partial charge in [0.15, 0.2) is 0 Å². The molecule has 2 N–H and O–H groups in total. The van der Waals surface area contributed by atoms with Gasteiger partial charge in [-0.25, -0.2) is 4.39 Å². The van der Waals surface area contributed by atoms with Gasteiger partial charge in [-0.1, -0.05) is 17.7 Å². The smallest absolute Gasteiger partial charge is 0.141 e. The molecule has 2 unspecified atom stereocenters. The average Bonchev–Trinajstić information content (AvgIpc) is 2.50. The molecule has 1 aromatic rings. The van der Waals surface area contributed by atoms with Crippen molar-refractivity contribution in [3.63, 3.8) is 0 Å². The minimum atomic E-state index is -0.389. The van der Waals surface area contributed by atoms with E-state index in [1.54, 1.807) is 12.1 Å². The molecule has 5 heteroatoms. The molecule has 0 aromatic heterocycles. The lowest BCUT2D eigenvalue weighted by Gasteiger charge is -2.44. The fourth-order valence-corrected chi connectivity index (χ4v) is 4.88. The van der Waals surface area contributed by atoms with E-state index < -0.39 is 0 Å². The van der Waals surface area contributed by atoms with Crippen LogP contribution < -0.4 is 5.73 Å². The summed E-state index contributed by atoms with van der Waals surface area (Å²) in [5.74, 6) is 2.33. The lowest BCUT2D eigenvalue weighted by Crippen LogP contribution is -2.45. The molecule has 2 aliphatic rings. The predicted molar refractivity (Wildman–Crippen MR) is 86.3 cm³/mol. The average molecular weight is 330 g/mol. The summed E-state index contributed by atoms with van der Waals surface area (Å²) in [4.78, 5) is 0. The van der Waals surface area contributed by atoms with Crippen molar-refractivity contribution in [2.45, 2.75) is 37.3 Å². The maximum atomic E-state index is 13.3. The molecule has 2 fully saturated rings. The molecule has 0 aliphatic carbocycles. The topological polar surface area (TPSA) is 35.2 Å². The fraction of sp³-hybridized carbons (Fsp3) is 0.625. The van der Waals surface area contributed by atoms with Crippen LogP contribution in [0.2, 0.25) is 5.02 Å². The fourth-order valence-electron chi connectivity index (χ4n) is 3.46. The van der Waals surface area contributed by atoms with E-state index in [0.29, 0.717) is 5.92 Å². The molecule has 0 radical (unpaired) electrons. The Balaban J connectivity index is 1.74. The molecule has 2 aliphatic heterocycles. The van der Waals surface area contributed by atoms with Crippen LogP contribution in [0.3, 0.4) is 0 Å². The minimum Gasteiger partial charge on any atom is -0.375 e. The first-order chi connectivity index (χ1) is 10.1. The van der Waals surface area contributed by atoms with Crippen molar-refractivity contribution in [3.05, 3.63) is 34.6 Å². The van der Waals surface area contributed by atoms with Crippen molar-refractivity contribution < 1.29 is 9.13 Å². The summed E-state index contributed by atoms with van der Waals surface area (Å²) in [7, 11) is 0. The van der Waals surface area contributed by atoms with Crippen molar-refractivity contribution in [1.82, 2.24) is 0 Å². The van der Waals surface area contributed by atoms with Gasteiger partial charge in [-0.2, -0.15) is 11.8 Å². The van der Waals surface area contributed by atoms with Gasteiger partial charge < -0.3 is 10.5 Å². The molecular formula is C16H21ClFNOS. The van der Waals surface area contributed by atoms with Crippen molar-refractivity contribution in [2.24, 2.45) is 11.7 Å². The quantitative estimate of drug-likeness (QED) is 0.884. The van der Waals surface area contributed by atoms with Crippen molar-refractivity contribution in [3.8, 4) is 0 Å². The van der Waals surface area contributed by atoms with Crippen molar-refractivity contribution >= 4 is 23.4 Å². The van der Waals surface area contributed by atoms with Crippen molar-refractivity contribution in [2.75, 3.05) is 18.1 Å². The summed E-state index contributed by atoms with van der Waals surface area (Å²) >= 11 is 7.88. The highest BCUT2D eigenvalue weighted by molar-refractivity contribution is 7.99. The molecule has 3 rings (SSSR count). The second kappa shape index (κ2) is 6.45. The third-order valence-electron chi connectivity index (χ3n) is 4.77. The molecule has 1 aromatic carbocycles. The first-order valence-electron chi connectivity index (χ1n) is 7.52. The Morgan fingerprint density at radius 2 is 2.14 bits per heavy atom. The zero-order chi connectivity index (χ0) is 14.9. The molecule has 1 spiro atoms. The summed E-state index contributed by atoms with van der Waals surface area (Å²) in [6.45, 7) is 0.776. The summed E-state index contributed by atoms with van der Waals surface area (Å²) in [5.41, 5.74) is 7.38. The second-order valence-electron chi connectivity index (χ2n) is 6.10. The van der Waals surface area contributed by atoms with Gasteiger partial charge in [0, 0.05) is 12.6 Å². The largest absolute Gasteiger partial charge is 0.375 e. The lowest BCUT2D eigenvalue weighted by atomic mass is 9.77. The van der Waals surface area contributed by atoms with E-state index in [9.17, 15) is 4.39 Å². The van der Waals surface area contributed by atoms with E-state index >= 15 is 0 Å². The summed E-state index contributed by atoms with van der Waals surface area (Å²) in [5, 5.41) is 0.152. The van der Waals surface area contributed by atoms with Gasteiger partial charge in [0.05, 0.1) is 10.6 Å².